The molecule has 0 radical (unpaired) electrons. The highest BCUT2D eigenvalue weighted by atomic mass is 16.5. The summed E-state index contributed by atoms with van der Waals surface area (Å²) in [6, 6.07) is 19.2. The van der Waals surface area contributed by atoms with Crippen molar-refractivity contribution < 1.29 is 9.53 Å². The number of amides is 1. The Bertz CT molecular complexity index is 1000. The Morgan fingerprint density at radius 2 is 1.83 bits per heavy atom. The number of anilines is 3. The van der Waals surface area contributed by atoms with E-state index in [4.69, 9.17) is 4.74 Å². The van der Waals surface area contributed by atoms with Gasteiger partial charge in [0.25, 0.3) is 5.91 Å². The zero-order valence-electron chi connectivity index (χ0n) is 16.6. The minimum Gasteiger partial charge on any atom is -0.489 e. The molecule has 0 bridgehead atoms. The molecule has 148 valence electrons. The number of hydrogen-bond acceptors (Lipinski definition) is 5. The van der Waals surface area contributed by atoms with E-state index in [1.54, 1.807) is 17.0 Å². The number of aryl methyl sites for hydroxylation is 1. The largest absolute Gasteiger partial charge is 0.489 e. The molecule has 0 saturated carbocycles. The topological polar surface area (TPSA) is 67.3 Å². The van der Waals surface area contributed by atoms with Gasteiger partial charge >= 0.3 is 0 Å². The van der Waals surface area contributed by atoms with Crippen molar-refractivity contribution >= 4 is 23.1 Å². The third-order valence-electron chi connectivity index (χ3n) is 4.75. The van der Waals surface area contributed by atoms with Gasteiger partial charge in [-0.3, -0.25) is 4.79 Å². The van der Waals surface area contributed by atoms with E-state index >= 15 is 0 Å². The van der Waals surface area contributed by atoms with E-state index in [2.05, 4.69) is 21.6 Å². The second kappa shape index (κ2) is 8.31. The first-order valence-corrected chi connectivity index (χ1v) is 9.88. The molecule has 0 spiro atoms. The molecule has 0 atom stereocenters. The fourth-order valence-electron chi connectivity index (χ4n) is 3.46. The van der Waals surface area contributed by atoms with Crippen LogP contribution in [0.2, 0.25) is 0 Å². The van der Waals surface area contributed by atoms with Crippen LogP contribution in [0, 0.1) is 0 Å². The van der Waals surface area contributed by atoms with E-state index in [0.717, 1.165) is 30.0 Å². The van der Waals surface area contributed by atoms with Gasteiger partial charge in [0.2, 0.25) is 0 Å². The number of rotatable bonds is 5. The average Bonchev–Trinajstić information content (AvgIpc) is 2.74. The van der Waals surface area contributed by atoms with Crippen LogP contribution in [-0.2, 0) is 6.42 Å². The van der Waals surface area contributed by atoms with Crippen molar-refractivity contribution in [1.29, 1.82) is 0 Å². The summed E-state index contributed by atoms with van der Waals surface area (Å²) in [7, 11) is 0. The smallest absolute Gasteiger partial charge is 0.278 e. The second-order valence-electron chi connectivity index (χ2n) is 7.28. The molecule has 1 aromatic heterocycles. The van der Waals surface area contributed by atoms with Gasteiger partial charge < -0.3 is 15.0 Å². The Morgan fingerprint density at radius 3 is 2.62 bits per heavy atom. The molecule has 1 aliphatic rings. The summed E-state index contributed by atoms with van der Waals surface area (Å²) in [6.45, 7) is 4.66. The van der Waals surface area contributed by atoms with Gasteiger partial charge in [0.15, 0.2) is 11.5 Å². The highest BCUT2D eigenvalue weighted by molar-refractivity contribution is 6.05. The lowest BCUT2D eigenvalue weighted by atomic mass is 10.0. The van der Waals surface area contributed by atoms with Crippen molar-refractivity contribution in [3.63, 3.8) is 0 Å². The van der Waals surface area contributed by atoms with E-state index in [0.29, 0.717) is 18.1 Å². The SMILES string of the molecule is CC(C)Oc1ccccc1Nc1ccc(C(=O)N2CCCc3ccccc32)nn1. The fraction of sp³-hybridized carbons (Fsp3) is 0.261. The summed E-state index contributed by atoms with van der Waals surface area (Å²) in [5.41, 5.74) is 3.30. The molecule has 1 amide bonds. The first-order valence-electron chi connectivity index (χ1n) is 9.88. The number of carbonyl (C=O) groups is 1. The molecule has 29 heavy (non-hydrogen) atoms. The summed E-state index contributed by atoms with van der Waals surface area (Å²) in [6.07, 6.45) is 2.01. The third-order valence-corrected chi connectivity index (χ3v) is 4.75. The fourth-order valence-corrected chi connectivity index (χ4v) is 3.46. The standard InChI is InChI=1S/C23H24N4O2/c1-16(2)29-21-12-6-4-10-18(21)24-22-14-13-19(25-26-22)23(28)27-15-7-9-17-8-3-5-11-20(17)27/h3-6,8,10-14,16H,7,9,15H2,1-2H3,(H,24,26). The van der Waals surface area contributed by atoms with E-state index in [9.17, 15) is 4.79 Å². The number of ether oxygens (including phenoxy) is 1. The lowest BCUT2D eigenvalue weighted by Gasteiger charge is -2.29. The van der Waals surface area contributed by atoms with Crippen LogP contribution in [0.3, 0.4) is 0 Å². The predicted molar refractivity (Wildman–Crippen MR) is 114 cm³/mol. The van der Waals surface area contributed by atoms with Gasteiger partial charge in [-0.1, -0.05) is 30.3 Å². The van der Waals surface area contributed by atoms with Crippen molar-refractivity contribution in [3.8, 4) is 5.75 Å². The maximum Gasteiger partial charge on any atom is 0.278 e. The second-order valence-corrected chi connectivity index (χ2v) is 7.28. The van der Waals surface area contributed by atoms with Gasteiger partial charge in [-0.2, -0.15) is 0 Å². The monoisotopic (exact) mass is 388 g/mol. The number of benzene rings is 2. The molecule has 3 aromatic rings. The number of carbonyl (C=O) groups excluding carboxylic acids is 1. The zero-order chi connectivity index (χ0) is 20.2. The average molecular weight is 388 g/mol. The van der Waals surface area contributed by atoms with Gasteiger partial charge in [-0.05, 0) is 62.6 Å². The van der Waals surface area contributed by atoms with Gasteiger partial charge in [0.05, 0.1) is 11.8 Å². The van der Waals surface area contributed by atoms with Gasteiger partial charge in [0.1, 0.15) is 5.75 Å². The first kappa shape index (κ1) is 18.9. The highest BCUT2D eigenvalue weighted by Gasteiger charge is 2.24. The van der Waals surface area contributed by atoms with Crippen molar-refractivity contribution in [3.05, 3.63) is 71.9 Å². The quantitative estimate of drug-likeness (QED) is 0.692. The van der Waals surface area contributed by atoms with Crippen LogP contribution in [0.25, 0.3) is 0 Å². The summed E-state index contributed by atoms with van der Waals surface area (Å²) in [5.74, 6) is 1.18. The van der Waals surface area contributed by atoms with Crippen LogP contribution in [0.4, 0.5) is 17.2 Å². The summed E-state index contributed by atoms with van der Waals surface area (Å²) < 4.78 is 5.82. The van der Waals surface area contributed by atoms with E-state index in [1.165, 1.54) is 5.56 Å². The van der Waals surface area contributed by atoms with Crippen LogP contribution >= 0.6 is 0 Å². The van der Waals surface area contributed by atoms with Crippen LogP contribution in [-0.4, -0.2) is 28.8 Å². The molecule has 2 aromatic carbocycles. The minimum absolute atomic E-state index is 0.0662. The maximum atomic E-state index is 13.0. The number of fused-ring (bicyclic) bond motifs is 1. The van der Waals surface area contributed by atoms with Crippen molar-refractivity contribution in [2.45, 2.75) is 32.8 Å². The molecular formula is C23H24N4O2. The predicted octanol–water partition coefficient (Wildman–Crippen LogP) is 4.60. The van der Waals surface area contributed by atoms with Crippen LogP contribution < -0.4 is 15.0 Å². The van der Waals surface area contributed by atoms with Crippen LogP contribution in [0.5, 0.6) is 5.75 Å². The molecule has 0 saturated heterocycles. The molecule has 0 aliphatic carbocycles. The molecule has 6 nitrogen and oxygen atoms in total. The number of hydrogen-bond donors (Lipinski definition) is 1. The van der Waals surface area contributed by atoms with Crippen molar-refractivity contribution in [2.75, 3.05) is 16.8 Å². The Hall–Kier alpha value is -3.41. The molecule has 2 heterocycles. The molecule has 6 heteroatoms. The number of aromatic nitrogens is 2. The molecule has 1 N–H and O–H groups in total. The van der Waals surface area contributed by atoms with E-state index in [-0.39, 0.29) is 12.0 Å². The van der Waals surface area contributed by atoms with E-state index < -0.39 is 0 Å². The van der Waals surface area contributed by atoms with Crippen molar-refractivity contribution in [2.24, 2.45) is 0 Å². The summed E-state index contributed by atoms with van der Waals surface area (Å²) in [4.78, 5) is 14.8. The highest BCUT2D eigenvalue weighted by Crippen LogP contribution is 2.29. The Morgan fingerprint density at radius 1 is 1.03 bits per heavy atom. The maximum absolute atomic E-state index is 13.0. The normalized spacial score (nSPS) is 13.1. The Kier molecular flexibility index (Phi) is 5.42. The zero-order valence-corrected chi connectivity index (χ0v) is 16.6. The lowest BCUT2D eigenvalue weighted by Crippen LogP contribution is -2.36. The summed E-state index contributed by atoms with van der Waals surface area (Å²) >= 11 is 0. The van der Waals surface area contributed by atoms with Crippen LogP contribution in [0.1, 0.15) is 36.3 Å². The van der Waals surface area contributed by atoms with Crippen LogP contribution in [0.15, 0.2) is 60.7 Å². The Labute approximate surface area is 170 Å². The first-order chi connectivity index (χ1) is 14.1. The lowest BCUT2D eigenvalue weighted by molar-refractivity contribution is 0.0979. The Balaban J connectivity index is 1.51. The number of para-hydroxylation sites is 3. The van der Waals surface area contributed by atoms with Gasteiger partial charge in [-0.15, -0.1) is 10.2 Å². The van der Waals surface area contributed by atoms with Gasteiger partial charge in [-0.25, -0.2) is 0 Å². The molecule has 1 aliphatic heterocycles. The third kappa shape index (κ3) is 4.21. The number of nitrogens with one attached hydrogen (secondary N) is 1. The van der Waals surface area contributed by atoms with Crippen molar-refractivity contribution in [1.82, 2.24) is 10.2 Å². The van der Waals surface area contributed by atoms with E-state index in [1.807, 2.05) is 56.3 Å². The molecule has 0 unspecified atom stereocenters. The molecular weight excluding hydrogens is 364 g/mol. The van der Waals surface area contributed by atoms with Gasteiger partial charge in [0, 0.05) is 12.2 Å². The number of nitrogens with zero attached hydrogens (tertiary/aromatic N) is 3. The molecule has 0 fully saturated rings. The molecule has 4 rings (SSSR count). The minimum atomic E-state index is -0.125. The summed E-state index contributed by atoms with van der Waals surface area (Å²) in [5, 5.41) is 11.6.